The van der Waals surface area contributed by atoms with Crippen LogP contribution in [0.1, 0.15) is 17.2 Å². The van der Waals surface area contributed by atoms with Gasteiger partial charge in [0.05, 0.1) is 6.54 Å². The van der Waals surface area contributed by atoms with Gasteiger partial charge in [-0.15, -0.1) is 5.10 Å². The maximum absolute atomic E-state index is 12.4. The van der Waals surface area contributed by atoms with E-state index in [1.54, 1.807) is 11.0 Å². The van der Waals surface area contributed by atoms with Crippen LogP contribution >= 0.6 is 15.9 Å². The second kappa shape index (κ2) is 8.04. The third kappa shape index (κ3) is 4.52. The fourth-order valence-corrected chi connectivity index (χ4v) is 2.90. The van der Waals surface area contributed by atoms with E-state index in [2.05, 4.69) is 31.3 Å². The Bertz CT molecular complexity index is 851. The van der Waals surface area contributed by atoms with Gasteiger partial charge in [-0.05, 0) is 23.3 Å². The Morgan fingerprint density at radius 2 is 2.04 bits per heavy atom. The summed E-state index contributed by atoms with van der Waals surface area (Å²) in [7, 11) is 1.50. The van der Waals surface area contributed by atoms with Crippen molar-refractivity contribution in [2.75, 3.05) is 12.4 Å². The fraction of sp³-hybridized carbons (Fsp3) is 0.167. The molecule has 1 amide bonds. The number of benzene rings is 2. The molecule has 1 atom stereocenters. The van der Waals surface area contributed by atoms with Gasteiger partial charge in [0.1, 0.15) is 6.33 Å². The molecule has 6 nitrogen and oxygen atoms in total. The lowest BCUT2D eigenvalue weighted by Gasteiger charge is -2.14. The lowest BCUT2D eigenvalue weighted by molar-refractivity contribution is -0.126. The van der Waals surface area contributed by atoms with Gasteiger partial charge in [-0.25, -0.2) is 9.67 Å². The molecule has 0 radical (unpaired) electrons. The highest BCUT2D eigenvalue weighted by atomic mass is 79.9. The minimum absolute atomic E-state index is 0.248. The van der Waals surface area contributed by atoms with Crippen LogP contribution in [0.3, 0.4) is 0 Å². The van der Waals surface area contributed by atoms with Crippen molar-refractivity contribution in [1.29, 1.82) is 0 Å². The van der Waals surface area contributed by atoms with Crippen molar-refractivity contribution in [2.45, 2.75) is 12.6 Å². The first-order valence-corrected chi connectivity index (χ1v) is 8.47. The van der Waals surface area contributed by atoms with Crippen LogP contribution in [0, 0.1) is 0 Å². The van der Waals surface area contributed by atoms with Crippen molar-refractivity contribution in [1.82, 2.24) is 14.8 Å². The van der Waals surface area contributed by atoms with Crippen molar-refractivity contribution < 1.29 is 9.53 Å². The molecule has 0 aliphatic rings. The van der Waals surface area contributed by atoms with Crippen LogP contribution in [0.2, 0.25) is 0 Å². The summed E-state index contributed by atoms with van der Waals surface area (Å²) in [6.07, 6.45) is 0.874. The van der Waals surface area contributed by atoms with Crippen LogP contribution in [-0.2, 0) is 16.1 Å². The number of amides is 1. The first-order chi connectivity index (χ1) is 12.2. The first-order valence-electron chi connectivity index (χ1n) is 7.68. The van der Waals surface area contributed by atoms with Crippen molar-refractivity contribution >= 4 is 27.8 Å². The molecule has 7 heteroatoms. The van der Waals surface area contributed by atoms with E-state index < -0.39 is 6.10 Å². The average Bonchev–Trinajstić information content (AvgIpc) is 3.03. The monoisotopic (exact) mass is 400 g/mol. The van der Waals surface area contributed by atoms with Crippen LogP contribution < -0.4 is 5.32 Å². The number of nitrogens with one attached hydrogen (secondary N) is 1. The normalized spacial score (nSPS) is 11.9. The standard InChI is InChI=1S/C18H17BrN4O2/c1-25-16(14-7-3-2-4-8-14)17(24)21-18-20-12-23(22-18)11-13-6-5-9-15(19)10-13/h2-10,12,16H,11H2,1H3,(H,21,22,24). The maximum Gasteiger partial charge on any atom is 0.260 e. The van der Waals surface area contributed by atoms with Gasteiger partial charge in [-0.2, -0.15) is 0 Å². The second-order valence-electron chi connectivity index (χ2n) is 5.41. The molecule has 128 valence electrons. The summed E-state index contributed by atoms with van der Waals surface area (Å²) < 4.78 is 7.98. The molecule has 0 aliphatic carbocycles. The van der Waals surface area contributed by atoms with E-state index in [1.807, 2.05) is 54.6 Å². The summed E-state index contributed by atoms with van der Waals surface area (Å²) in [5.41, 5.74) is 1.85. The minimum atomic E-state index is -0.710. The summed E-state index contributed by atoms with van der Waals surface area (Å²) in [6, 6.07) is 17.2. The minimum Gasteiger partial charge on any atom is -0.367 e. The van der Waals surface area contributed by atoms with E-state index in [1.165, 1.54) is 7.11 Å². The van der Waals surface area contributed by atoms with Gasteiger partial charge >= 0.3 is 0 Å². The van der Waals surface area contributed by atoms with Crippen LogP contribution in [0.15, 0.2) is 65.4 Å². The number of hydrogen-bond donors (Lipinski definition) is 1. The van der Waals surface area contributed by atoms with E-state index >= 15 is 0 Å². The molecular weight excluding hydrogens is 384 g/mol. The van der Waals surface area contributed by atoms with Gasteiger partial charge in [0, 0.05) is 11.6 Å². The van der Waals surface area contributed by atoms with Gasteiger partial charge in [0.2, 0.25) is 5.95 Å². The second-order valence-corrected chi connectivity index (χ2v) is 6.33. The Hall–Kier alpha value is -2.51. The van der Waals surface area contributed by atoms with Crippen LogP contribution in [0.5, 0.6) is 0 Å². The molecule has 0 saturated heterocycles. The Labute approximate surface area is 154 Å². The van der Waals surface area contributed by atoms with Crippen LogP contribution in [0.4, 0.5) is 5.95 Å². The molecule has 1 aromatic heterocycles. The Kier molecular flexibility index (Phi) is 5.57. The molecule has 2 aromatic carbocycles. The number of anilines is 1. The number of methoxy groups -OCH3 is 1. The summed E-state index contributed by atoms with van der Waals surface area (Å²) in [5.74, 6) is -0.0631. The van der Waals surface area contributed by atoms with Crippen molar-refractivity contribution in [3.63, 3.8) is 0 Å². The molecule has 0 aliphatic heterocycles. The lowest BCUT2D eigenvalue weighted by atomic mass is 10.1. The largest absolute Gasteiger partial charge is 0.367 e. The maximum atomic E-state index is 12.4. The molecule has 1 unspecified atom stereocenters. The number of ether oxygens (including phenoxy) is 1. The number of carbonyl (C=O) groups excluding carboxylic acids is 1. The topological polar surface area (TPSA) is 69.0 Å². The molecule has 25 heavy (non-hydrogen) atoms. The zero-order chi connectivity index (χ0) is 17.6. The Morgan fingerprint density at radius 3 is 2.76 bits per heavy atom. The molecule has 1 heterocycles. The summed E-state index contributed by atoms with van der Waals surface area (Å²) in [5, 5.41) is 6.98. The molecular formula is C18H17BrN4O2. The number of aromatic nitrogens is 3. The smallest absolute Gasteiger partial charge is 0.260 e. The average molecular weight is 401 g/mol. The highest BCUT2D eigenvalue weighted by Crippen LogP contribution is 2.18. The Balaban J connectivity index is 1.67. The predicted molar refractivity (Wildman–Crippen MR) is 98.1 cm³/mol. The molecule has 3 aromatic rings. The van der Waals surface area contributed by atoms with E-state index in [9.17, 15) is 4.79 Å². The molecule has 0 spiro atoms. The quantitative estimate of drug-likeness (QED) is 0.688. The van der Waals surface area contributed by atoms with E-state index in [-0.39, 0.29) is 11.9 Å². The Morgan fingerprint density at radius 1 is 1.24 bits per heavy atom. The molecule has 0 saturated carbocycles. The SMILES string of the molecule is COC(C(=O)Nc1ncn(Cc2cccc(Br)c2)n1)c1ccccc1. The lowest BCUT2D eigenvalue weighted by Crippen LogP contribution is -2.23. The molecule has 0 bridgehead atoms. The third-order valence-electron chi connectivity index (χ3n) is 3.58. The summed E-state index contributed by atoms with van der Waals surface area (Å²) >= 11 is 3.44. The van der Waals surface area contributed by atoms with Crippen LogP contribution in [-0.4, -0.2) is 27.8 Å². The van der Waals surface area contributed by atoms with E-state index in [0.717, 1.165) is 15.6 Å². The van der Waals surface area contributed by atoms with Crippen molar-refractivity contribution in [3.8, 4) is 0 Å². The predicted octanol–water partition coefficient (Wildman–Crippen LogP) is 3.42. The number of rotatable bonds is 6. The van der Waals surface area contributed by atoms with Gasteiger partial charge < -0.3 is 4.74 Å². The number of halogens is 1. The number of hydrogen-bond acceptors (Lipinski definition) is 4. The third-order valence-corrected chi connectivity index (χ3v) is 4.07. The van der Waals surface area contributed by atoms with Gasteiger partial charge in [0.15, 0.2) is 6.10 Å². The van der Waals surface area contributed by atoms with Gasteiger partial charge in [0.25, 0.3) is 5.91 Å². The first kappa shape index (κ1) is 17.3. The molecule has 1 N–H and O–H groups in total. The molecule has 3 rings (SSSR count). The molecule has 0 fully saturated rings. The van der Waals surface area contributed by atoms with E-state index in [0.29, 0.717) is 6.54 Å². The zero-order valence-corrected chi connectivity index (χ0v) is 15.2. The van der Waals surface area contributed by atoms with Crippen LogP contribution in [0.25, 0.3) is 0 Å². The summed E-state index contributed by atoms with van der Waals surface area (Å²) in [6.45, 7) is 0.564. The number of nitrogens with zero attached hydrogens (tertiary/aromatic N) is 3. The highest BCUT2D eigenvalue weighted by molar-refractivity contribution is 9.10. The summed E-state index contributed by atoms with van der Waals surface area (Å²) in [4.78, 5) is 16.6. The van der Waals surface area contributed by atoms with Crippen molar-refractivity contribution in [3.05, 3.63) is 76.5 Å². The number of carbonyl (C=O) groups is 1. The highest BCUT2D eigenvalue weighted by Gasteiger charge is 2.21. The van der Waals surface area contributed by atoms with Gasteiger partial charge in [-0.1, -0.05) is 58.4 Å². The van der Waals surface area contributed by atoms with Crippen molar-refractivity contribution in [2.24, 2.45) is 0 Å². The fourth-order valence-electron chi connectivity index (χ4n) is 2.45. The zero-order valence-electron chi connectivity index (χ0n) is 13.6. The van der Waals surface area contributed by atoms with E-state index in [4.69, 9.17) is 4.74 Å². The van der Waals surface area contributed by atoms with Gasteiger partial charge in [-0.3, -0.25) is 10.1 Å².